The summed E-state index contributed by atoms with van der Waals surface area (Å²) in [5.41, 5.74) is 0. The molecule has 1 rings (SSSR count). The van der Waals surface area contributed by atoms with E-state index in [1.807, 2.05) is 6.92 Å². The van der Waals surface area contributed by atoms with Gasteiger partial charge >= 0.3 is 5.97 Å². The van der Waals surface area contributed by atoms with Crippen LogP contribution < -0.4 is 0 Å². The van der Waals surface area contributed by atoms with E-state index in [-0.39, 0.29) is 36.6 Å². The lowest BCUT2D eigenvalue weighted by molar-refractivity contribution is -0.149. The van der Waals surface area contributed by atoms with Gasteiger partial charge in [0.05, 0.1) is 18.8 Å². The van der Waals surface area contributed by atoms with Crippen LogP contribution in [0.5, 0.6) is 0 Å². The van der Waals surface area contributed by atoms with E-state index in [0.717, 1.165) is 38.5 Å². The van der Waals surface area contributed by atoms with Crippen molar-refractivity contribution in [3.05, 3.63) is 0 Å². The van der Waals surface area contributed by atoms with Gasteiger partial charge in [-0.25, -0.2) is 4.79 Å². The maximum Gasteiger partial charge on any atom is 0.332 e. The molecule has 0 aliphatic heterocycles. The highest BCUT2D eigenvalue weighted by Crippen LogP contribution is 2.36. The highest BCUT2D eigenvalue weighted by molar-refractivity contribution is 5.84. The molecule has 4 atom stereocenters. The molecule has 0 bridgehead atoms. The number of aliphatic hydroxyl groups is 2. The van der Waals surface area contributed by atoms with Crippen molar-refractivity contribution in [2.24, 2.45) is 11.8 Å². The highest BCUT2D eigenvalue weighted by Gasteiger charge is 2.44. The Labute approximate surface area is 182 Å². The first-order valence-corrected chi connectivity index (χ1v) is 12.1. The summed E-state index contributed by atoms with van der Waals surface area (Å²) in [7, 11) is 0. The monoisotopic (exact) mass is 428 g/mol. The Morgan fingerprint density at radius 2 is 1.70 bits per heavy atom. The van der Waals surface area contributed by atoms with Crippen LogP contribution in [0.2, 0.25) is 0 Å². The normalized spacial score (nSPS) is 22.4. The molecule has 0 saturated heterocycles. The number of carbonyl (C=O) groups excluding carboxylic acids is 2. The molecular formula is C24H44O6. The standard InChI is InChI=1S/C24H44O6/c1-3-5-7-8-9-10-14-20(25)24-19(21(26)17-22(24)27)13-11-12-15-29-18-23(28)30-16-6-4-2/h19-20,22,24-25,27H,3-18H2,1-2H3/t19-,20?,22?,24+/m0/s1. The van der Waals surface area contributed by atoms with E-state index < -0.39 is 12.2 Å². The minimum Gasteiger partial charge on any atom is -0.464 e. The molecule has 176 valence electrons. The number of ketones is 1. The van der Waals surface area contributed by atoms with Gasteiger partial charge in [-0.15, -0.1) is 0 Å². The van der Waals surface area contributed by atoms with E-state index in [2.05, 4.69) is 6.92 Å². The second-order valence-corrected chi connectivity index (χ2v) is 8.67. The molecule has 6 heteroatoms. The number of ether oxygens (including phenoxy) is 2. The Morgan fingerprint density at radius 3 is 2.43 bits per heavy atom. The third kappa shape index (κ3) is 10.9. The van der Waals surface area contributed by atoms with Crippen molar-refractivity contribution in [1.82, 2.24) is 0 Å². The molecule has 30 heavy (non-hydrogen) atoms. The van der Waals surface area contributed by atoms with E-state index in [4.69, 9.17) is 9.47 Å². The average Bonchev–Trinajstić information content (AvgIpc) is 3.00. The van der Waals surface area contributed by atoms with Gasteiger partial charge in [-0.1, -0.05) is 65.2 Å². The van der Waals surface area contributed by atoms with Crippen LogP contribution in [0, 0.1) is 11.8 Å². The molecule has 2 unspecified atom stereocenters. The summed E-state index contributed by atoms with van der Waals surface area (Å²) in [6, 6.07) is 0. The van der Waals surface area contributed by atoms with Crippen LogP contribution in [0.25, 0.3) is 0 Å². The Bertz CT molecular complexity index is 467. The SMILES string of the molecule is CCCCCCCCC(O)[C@@H]1C(O)CC(=O)[C@@H]1CCCCOCC(=O)OCCCC. The van der Waals surface area contributed by atoms with E-state index in [9.17, 15) is 19.8 Å². The molecule has 2 N–H and O–H groups in total. The average molecular weight is 429 g/mol. The van der Waals surface area contributed by atoms with Crippen molar-refractivity contribution in [3.63, 3.8) is 0 Å². The fourth-order valence-corrected chi connectivity index (χ4v) is 4.28. The van der Waals surface area contributed by atoms with Gasteiger partial charge < -0.3 is 19.7 Å². The lowest BCUT2D eigenvalue weighted by atomic mass is 9.83. The van der Waals surface area contributed by atoms with Crippen LogP contribution in [0.3, 0.4) is 0 Å². The fourth-order valence-electron chi connectivity index (χ4n) is 4.28. The summed E-state index contributed by atoms with van der Waals surface area (Å²) >= 11 is 0. The van der Waals surface area contributed by atoms with Gasteiger partial charge in [-0.3, -0.25) is 4.79 Å². The largest absolute Gasteiger partial charge is 0.464 e. The molecule has 1 aliphatic carbocycles. The van der Waals surface area contributed by atoms with Gasteiger partial charge in [-0.2, -0.15) is 0 Å². The first kappa shape index (κ1) is 27.1. The van der Waals surface area contributed by atoms with Gasteiger partial charge in [0.1, 0.15) is 12.4 Å². The third-order valence-electron chi connectivity index (χ3n) is 6.07. The molecule has 0 spiro atoms. The first-order chi connectivity index (χ1) is 14.5. The predicted octanol–water partition coefficient (Wildman–Crippen LogP) is 4.19. The van der Waals surface area contributed by atoms with E-state index in [1.165, 1.54) is 25.7 Å². The van der Waals surface area contributed by atoms with Crippen LogP contribution in [0.15, 0.2) is 0 Å². The maximum atomic E-state index is 12.3. The van der Waals surface area contributed by atoms with Crippen LogP contribution >= 0.6 is 0 Å². The number of aliphatic hydroxyl groups excluding tert-OH is 2. The molecule has 0 radical (unpaired) electrons. The number of esters is 1. The smallest absolute Gasteiger partial charge is 0.332 e. The van der Waals surface area contributed by atoms with Crippen LogP contribution in [-0.4, -0.2) is 54.0 Å². The molecule has 0 aromatic heterocycles. The molecule has 0 heterocycles. The second kappa shape index (κ2) is 16.7. The Hall–Kier alpha value is -0.980. The summed E-state index contributed by atoms with van der Waals surface area (Å²) in [6.07, 6.45) is 10.4. The Kier molecular flexibility index (Phi) is 15.0. The number of carbonyl (C=O) groups is 2. The van der Waals surface area contributed by atoms with Crippen molar-refractivity contribution < 1.29 is 29.3 Å². The van der Waals surface area contributed by atoms with Crippen molar-refractivity contribution in [3.8, 4) is 0 Å². The molecule has 6 nitrogen and oxygen atoms in total. The first-order valence-electron chi connectivity index (χ1n) is 12.1. The number of unbranched alkanes of at least 4 members (excludes halogenated alkanes) is 7. The molecule has 1 fully saturated rings. The molecular weight excluding hydrogens is 384 g/mol. The predicted molar refractivity (Wildman–Crippen MR) is 117 cm³/mol. The zero-order chi connectivity index (χ0) is 22.2. The summed E-state index contributed by atoms with van der Waals surface area (Å²) in [6.45, 7) is 5.07. The molecule has 1 saturated carbocycles. The Balaban J connectivity index is 2.23. The summed E-state index contributed by atoms with van der Waals surface area (Å²) < 4.78 is 10.4. The van der Waals surface area contributed by atoms with Crippen molar-refractivity contribution in [2.75, 3.05) is 19.8 Å². The summed E-state index contributed by atoms with van der Waals surface area (Å²) in [4.78, 5) is 23.8. The summed E-state index contributed by atoms with van der Waals surface area (Å²) in [5.74, 6) is -0.887. The number of rotatable bonds is 18. The zero-order valence-electron chi connectivity index (χ0n) is 19.2. The number of Topliss-reactive ketones (excluding diaryl/α,β-unsaturated/α-hetero) is 1. The lowest BCUT2D eigenvalue weighted by Crippen LogP contribution is -2.33. The Morgan fingerprint density at radius 1 is 1.00 bits per heavy atom. The highest BCUT2D eigenvalue weighted by atomic mass is 16.6. The van der Waals surface area contributed by atoms with Crippen LogP contribution in [-0.2, 0) is 19.1 Å². The minimum atomic E-state index is -0.730. The van der Waals surface area contributed by atoms with Crippen LogP contribution in [0.4, 0.5) is 0 Å². The van der Waals surface area contributed by atoms with Gasteiger partial charge in [0, 0.05) is 24.9 Å². The van der Waals surface area contributed by atoms with E-state index in [1.54, 1.807) is 0 Å². The van der Waals surface area contributed by atoms with Gasteiger partial charge in [-0.05, 0) is 25.7 Å². The van der Waals surface area contributed by atoms with Crippen molar-refractivity contribution in [1.29, 1.82) is 0 Å². The van der Waals surface area contributed by atoms with E-state index in [0.29, 0.717) is 26.1 Å². The number of hydrogen-bond donors (Lipinski definition) is 2. The third-order valence-corrected chi connectivity index (χ3v) is 6.07. The van der Waals surface area contributed by atoms with Crippen LogP contribution in [0.1, 0.15) is 97.3 Å². The lowest BCUT2D eigenvalue weighted by Gasteiger charge is -2.26. The topological polar surface area (TPSA) is 93.1 Å². The van der Waals surface area contributed by atoms with Gasteiger partial charge in [0.15, 0.2) is 0 Å². The molecule has 1 aliphatic rings. The minimum absolute atomic E-state index is 0.0373. The second-order valence-electron chi connectivity index (χ2n) is 8.67. The van der Waals surface area contributed by atoms with E-state index >= 15 is 0 Å². The zero-order valence-corrected chi connectivity index (χ0v) is 19.2. The fraction of sp³-hybridized carbons (Fsp3) is 0.917. The summed E-state index contributed by atoms with van der Waals surface area (Å²) in [5, 5.41) is 20.9. The van der Waals surface area contributed by atoms with Crippen molar-refractivity contribution >= 4 is 11.8 Å². The van der Waals surface area contributed by atoms with Gasteiger partial charge in [0.25, 0.3) is 0 Å². The van der Waals surface area contributed by atoms with Crippen molar-refractivity contribution in [2.45, 2.75) is 110 Å². The molecule has 0 aromatic rings. The molecule has 0 amide bonds. The quantitative estimate of drug-likeness (QED) is 0.251. The maximum absolute atomic E-state index is 12.3. The molecule has 0 aromatic carbocycles. The van der Waals surface area contributed by atoms with Gasteiger partial charge in [0.2, 0.25) is 0 Å². The number of hydrogen-bond acceptors (Lipinski definition) is 6.